The maximum absolute atomic E-state index is 14.5. The number of benzene rings is 1. The van der Waals surface area contributed by atoms with Gasteiger partial charge < -0.3 is 14.0 Å². The molecule has 1 aromatic carbocycles. The van der Waals surface area contributed by atoms with Gasteiger partial charge in [-0.25, -0.2) is 8.78 Å². The smallest absolute Gasteiger partial charge is 0.254 e. The van der Waals surface area contributed by atoms with E-state index in [-0.39, 0.29) is 17.5 Å². The summed E-state index contributed by atoms with van der Waals surface area (Å²) >= 11 is 0. The summed E-state index contributed by atoms with van der Waals surface area (Å²) in [4.78, 5) is 14.7. The fraction of sp³-hybridized carbons (Fsp3) is 0.269. The molecule has 0 spiro atoms. The molecule has 2 heterocycles. The van der Waals surface area contributed by atoms with Gasteiger partial charge in [-0.1, -0.05) is 17.9 Å². The van der Waals surface area contributed by atoms with Crippen LogP contribution in [0, 0.1) is 35.3 Å². The van der Waals surface area contributed by atoms with Crippen molar-refractivity contribution in [3.63, 3.8) is 0 Å². The summed E-state index contributed by atoms with van der Waals surface area (Å²) in [5.74, 6) is 9.65. The molecule has 0 amide bonds. The fourth-order valence-electron chi connectivity index (χ4n) is 3.32. The Balaban J connectivity index is 1.82. The summed E-state index contributed by atoms with van der Waals surface area (Å²) in [6.07, 6.45) is 5.68. The molecule has 3 rings (SSSR count). The van der Waals surface area contributed by atoms with Gasteiger partial charge >= 0.3 is 0 Å². The lowest BCUT2D eigenvalue weighted by molar-refractivity contribution is 0.384. The molecule has 0 fully saturated rings. The molecule has 2 aromatic heterocycles. The second kappa shape index (κ2) is 10.6. The predicted octanol–water partition coefficient (Wildman–Crippen LogP) is 3.60. The van der Waals surface area contributed by atoms with Crippen molar-refractivity contribution >= 4 is 0 Å². The summed E-state index contributed by atoms with van der Waals surface area (Å²) in [5, 5.41) is 0. The van der Waals surface area contributed by atoms with Gasteiger partial charge in [0.25, 0.3) is 5.56 Å². The van der Waals surface area contributed by atoms with Gasteiger partial charge in [0.2, 0.25) is 0 Å². The quantitative estimate of drug-likeness (QED) is 0.556. The van der Waals surface area contributed by atoms with Crippen molar-refractivity contribution in [3.05, 3.63) is 93.7 Å². The van der Waals surface area contributed by atoms with Gasteiger partial charge in [-0.3, -0.25) is 4.79 Å². The summed E-state index contributed by atoms with van der Waals surface area (Å²) < 4.78 is 31.8. The van der Waals surface area contributed by atoms with Gasteiger partial charge in [-0.2, -0.15) is 0 Å². The minimum Gasteiger partial charge on any atom is -0.352 e. The minimum absolute atomic E-state index is 0.105. The normalized spacial score (nSPS) is 11.4. The molecule has 0 bridgehead atoms. The minimum atomic E-state index is -0.702. The standard InChI is InChI=1S/C26H25F2N3O/c1-29(2)16-17-31-15-13-20(19-31)8-5-4-6-9-22(23-10-7-14-30(3)26(23)32)24-18-21(27)11-12-25(24)28/h7,10-15,18-19,22H,9,16-17H2,1-3H3. The van der Waals surface area contributed by atoms with Crippen molar-refractivity contribution in [3.8, 4) is 23.7 Å². The van der Waals surface area contributed by atoms with E-state index in [9.17, 15) is 13.6 Å². The Morgan fingerprint density at radius 1 is 1.06 bits per heavy atom. The van der Waals surface area contributed by atoms with Gasteiger partial charge in [0.15, 0.2) is 0 Å². The lowest BCUT2D eigenvalue weighted by Crippen LogP contribution is -2.23. The molecule has 0 saturated heterocycles. The molecule has 0 aliphatic carbocycles. The largest absolute Gasteiger partial charge is 0.352 e. The van der Waals surface area contributed by atoms with Crippen LogP contribution in [0.25, 0.3) is 0 Å². The van der Waals surface area contributed by atoms with Gasteiger partial charge in [-0.05, 0) is 61.8 Å². The topological polar surface area (TPSA) is 30.2 Å². The number of likely N-dealkylation sites (N-methyl/N-ethyl adjacent to an activating group) is 1. The lowest BCUT2D eigenvalue weighted by atomic mass is 9.89. The van der Waals surface area contributed by atoms with Crippen molar-refractivity contribution in [1.82, 2.24) is 14.0 Å². The van der Waals surface area contributed by atoms with Crippen LogP contribution in [0.1, 0.15) is 29.0 Å². The number of pyridine rings is 1. The van der Waals surface area contributed by atoms with Crippen molar-refractivity contribution < 1.29 is 8.78 Å². The van der Waals surface area contributed by atoms with E-state index in [1.807, 2.05) is 32.6 Å². The summed E-state index contributed by atoms with van der Waals surface area (Å²) in [5.41, 5.74) is 1.05. The number of aromatic nitrogens is 2. The van der Waals surface area contributed by atoms with E-state index in [4.69, 9.17) is 0 Å². The zero-order valence-electron chi connectivity index (χ0n) is 18.4. The van der Waals surface area contributed by atoms with Gasteiger partial charge in [0.05, 0.1) is 0 Å². The van der Waals surface area contributed by atoms with Crippen LogP contribution in [-0.2, 0) is 13.6 Å². The molecule has 0 N–H and O–H groups in total. The molecule has 3 aromatic rings. The summed E-state index contributed by atoms with van der Waals surface area (Å²) in [7, 11) is 5.66. The van der Waals surface area contributed by atoms with Crippen molar-refractivity contribution in [2.24, 2.45) is 7.05 Å². The molecule has 0 aliphatic rings. The second-order valence-corrected chi connectivity index (χ2v) is 7.80. The molecule has 0 radical (unpaired) electrons. The second-order valence-electron chi connectivity index (χ2n) is 7.80. The first-order valence-corrected chi connectivity index (χ1v) is 10.2. The molecule has 4 nitrogen and oxygen atoms in total. The van der Waals surface area contributed by atoms with Crippen LogP contribution in [0.15, 0.2) is 59.8 Å². The van der Waals surface area contributed by atoms with Gasteiger partial charge in [0.1, 0.15) is 11.6 Å². The number of hydrogen-bond donors (Lipinski definition) is 0. The molecular formula is C26H25F2N3O. The van der Waals surface area contributed by atoms with E-state index in [2.05, 4.69) is 33.1 Å². The molecule has 164 valence electrons. The van der Waals surface area contributed by atoms with Crippen molar-refractivity contribution in [2.45, 2.75) is 18.9 Å². The Morgan fingerprint density at radius 3 is 2.66 bits per heavy atom. The molecule has 0 saturated carbocycles. The summed E-state index contributed by atoms with van der Waals surface area (Å²) in [6.45, 7) is 1.80. The highest BCUT2D eigenvalue weighted by Gasteiger charge is 2.21. The lowest BCUT2D eigenvalue weighted by Gasteiger charge is -2.16. The van der Waals surface area contributed by atoms with Gasteiger partial charge in [-0.15, -0.1) is 0 Å². The van der Waals surface area contributed by atoms with Crippen LogP contribution >= 0.6 is 0 Å². The maximum Gasteiger partial charge on any atom is 0.254 e. The predicted molar refractivity (Wildman–Crippen MR) is 122 cm³/mol. The Morgan fingerprint density at radius 2 is 1.88 bits per heavy atom. The van der Waals surface area contributed by atoms with Crippen LogP contribution in [0.5, 0.6) is 0 Å². The molecule has 32 heavy (non-hydrogen) atoms. The third kappa shape index (κ3) is 5.97. The zero-order chi connectivity index (χ0) is 23.1. The van der Waals surface area contributed by atoms with E-state index >= 15 is 0 Å². The van der Waals surface area contributed by atoms with Crippen molar-refractivity contribution in [2.75, 3.05) is 20.6 Å². The first-order chi connectivity index (χ1) is 15.3. The average molecular weight is 434 g/mol. The van der Waals surface area contributed by atoms with E-state index < -0.39 is 17.6 Å². The Hall–Kier alpha value is -3.61. The molecule has 6 heteroatoms. The van der Waals surface area contributed by atoms with Crippen molar-refractivity contribution in [1.29, 1.82) is 0 Å². The first-order valence-electron chi connectivity index (χ1n) is 10.2. The molecule has 1 atom stereocenters. The highest BCUT2D eigenvalue weighted by molar-refractivity contribution is 5.40. The third-order valence-corrected chi connectivity index (χ3v) is 5.08. The Labute approximate surface area is 187 Å². The van der Waals surface area contributed by atoms with Crippen LogP contribution in [0.3, 0.4) is 0 Å². The van der Waals surface area contributed by atoms with E-state index in [0.29, 0.717) is 5.56 Å². The number of nitrogens with zero attached hydrogens (tertiary/aromatic N) is 3. The third-order valence-electron chi connectivity index (χ3n) is 5.08. The van der Waals surface area contributed by atoms with E-state index in [1.54, 1.807) is 25.4 Å². The maximum atomic E-state index is 14.5. The van der Waals surface area contributed by atoms with E-state index in [0.717, 1.165) is 36.9 Å². The molecule has 0 aliphatic heterocycles. The van der Waals surface area contributed by atoms with Crippen LogP contribution in [0.4, 0.5) is 8.78 Å². The Bertz CT molecular complexity index is 1270. The highest BCUT2D eigenvalue weighted by atomic mass is 19.1. The van der Waals surface area contributed by atoms with E-state index in [1.165, 1.54) is 4.57 Å². The van der Waals surface area contributed by atoms with Crippen LogP contribution in [-0.4, -0.2) is 34.7 Å². The summed E-state index contributed by atoms with van der Waals surface area (Å²) in [6, 6.07) is 8.50. The average Bonchev–Trinajstić information content (AvgIpc) is 3.21. The first kappa shape index (κ1) is 23.1. The van der Waals surface area contributed by atoms with Crippen LogP contribution in [0.2, 0.25) is 0 Å². The molecular weight excluding hydrogens is 408 g/mol. The fourth-order valence-corrected chi connectivity index (χ4v) is 3.32. The monoisotopic (exact) mass is 433 g/mol. The van der Waals surface area contributed by atoms with Crippen LogP contribution < -0.4 is 5.56 Å². The highest BCUT2D eigenvalue weighted by Crippen LogP contribution is 2.28. The number of hydrogen-bond acceptors (Lipinski definition) is 2. The SMILES string of the molecule is CN(C)CCn1ccc(C#CC#CCC(c2cc(F)ccc2F)c2cccn(C)c2=O)c1. The Kier molecular flexibility index (Phi) is 7.65. The zero-order valence-corrected chi connectivity index (χ0v) is 18.4. The number of aryl methyl sites for hydroxylation is 1. The number of halogens is 2. The number of rotatable bonds is 6. The van der Waals surface area contributed by atoms with Gasteiger partial charge in [0, 0.05) is 62.2 Å². The molecule has 1 unspecified atom stereocenters.